The molecule has 0 spiro atoms. The molecule has 18 heteroatoms. The zero-order chi connectivity index (χ0) is 44.4. The Morgan fingerprint density at radius 2 is 1.87 bits per heavy atom. The van der Waals surface area contributed by atoms with Gasteiger partial charge < -0.3 is 33.5 Å². The van der Waals surface area contributed by atoms with Crippen molar-refractivity contribution in [2.24, 2.45) is 0 Å². The SMILES string of the molecule is CC.CCOC(=O)CNP(OCC)Oc1cc(-c2ncc3c(N4CC(F)CC(C)(NC=O)C4)nc(OCC45CCCN4CCC5)nc3c2F)c2c(CCCOC)c(F)ccc2c1. The monoisotopic (exact) mass is 885 g/mol. The van der Waals surface area contributed by atoms with Crippen molar-refractivity contribution in [1.82, 2.24) is 30.3 Å². The second-order valence-corrected chi connectivity index (χ2v) is 17.1. The third-order valence-electron chi connectivity index (χ3n) is 11.5. The first-order valence-corrected chi connectivity index (χ1v) is 22.8. The number of nitrogens with zero attached hydrogens (tertiary/aromatic N) is 5. The number of nitrogens with one attached hydrogen (secondary N) is 2. The third-order valence-corrected chi connectivity index (χ3v) is 12.8. The highest BCUT2D eigenvalue weighted by molar-refractivity contribution is 7.45. The normalized spacial score (nSPS) is 20.1. The minimum atomic E-state index is -1.88. The van der Waals surface area contributed by atoms with Crippen molar-refractivity contribution < 1.29 is 46.0 Å². The molecule has 0 bridgehead atoms. The van der Waals surface area contributed by atoms with Gasteiger partial charge in [-0.15, -0.1) is 0 Å². The molecule has 0 radical (unpaired) electrons. The number of piperidine rings is 1. The van der Waals surface area contributed by atoms with Crippen molar-refractivity contribution in [2.45, 2.75) is 96.8 Å². The fourth-order valence-corrected chi connectivity index (χ4v) is 9.95. The number of rotatable bonds is 19. The van der Waals surface area contributed by atoms with Crippen LogP contribution in [0.5, 0.6) is 11.8 Å². The number of aromatic nitrogens is 3. The van der Waals surface area contributed by atoms with Crippen molar-refractivity contribution in [3.8, 4) is 23.0 Å². The highest BCUT2D eigenvalue weighted by Crippen LogP contribution is 2.44. The molecule has 0 saturated carbocycles. The molecule has 62 heavy (non-hydrogen) atoms. The number of benzene rings is 2. The minimum Gasteiger partial charge on any atom is -0.465 e. The molecule has 3 unspecified atom stereocenters. The zero-order valence-corrected chi connectivity index (χ0v) is 37.4. The van der Waals surface area contributed by atoms with Gasteiger partial charge in [-0.05, 0) is 107 Å². The number of ether oxygens (including phenoxy) is 3. The van der Waals surface area contributed by atoms with Crippen molar-refractivity contribution in [3.05, 3.63) is 47.7 Å². The minimum absolute atomic E-state index is 0.0656. The van der Waals surface area contributed by atoms with Gasteiger partial charge in [0.15, 0.2) is 5.82 Å². The number of hydrogen-bond donors (Lipinski definition) is 2. The lowest BCUT2D eigenvalue weighted by atomic mass is 9.90. The van der Waals surface area contributed by atoms with Gasteiger partial charge in [-0.25, -0.2) is 18.3 Å². The van der Waals surface area contributed by atoms with Crippen molar-refractivity contribution >= 4 is 48.4 Å². The van der Waals surface area contributed by atoms with Gasteiger partial charge in [-0.1, -0.05) is 19.9 Å². The maximum absolute atomic E-state index is 17.6. The van der Waals surface area contributed by atoms with Gasteiger partial charge in [0, 0.05) is 38.4 Å². The van der Waals surface area contributed by atoms with E-state index in [-0.39, 0.29) is 91.0 Å². The molecule has 4 aromatic rings. The van der Waals surface area contributed by atoms with E-state index in [1.807, 2.05) is 13.8 Å². The van der Waals surface area contributed by atoms with Gasteiger partial charge in [-0.2, -0.15) is 9.97 Å². The molecule has 3 atom stereocenters. The molecule has 5 heterocycles. The Bertz CT molecular complexity index is 2180. The predicted octanol–water partition coefficient (Wildman–Crippen LogP) is 7.58. The standard InChI is InChI=1S/C42H53F3N7O7P.C2H6/c1-5-56-34(54)22-48-60(58-6-2)59-29-18-27-11-12-33(44)30(10-7-17-55-4)35(27)31(19-29)37-36(45)38-32(21-46-37)39(51-23-28(43)20-41(3,24-51)47-26-53)50-40(49-38)57-25-42-13-8-15-52(42)16-9-14-42;1-2/h11-12,18-19,21,26,28,48H,5-10,13-17,20,22-25H2,1-4H3,(H,47,53);1-2H3. The van der Waals surface area contributed by atoms with Gasteiger partial charge >= 0.3 is 20.5 Å². The quantitative estimate of drug-likeness (QED) is 0.0413. The molecule has 338 valence electrons. The molecule has 3 aliphatic rings. The number of anilines is 1. The molecule has 7 rings (SSSR count). The topological polar surface area (TPSA) is 150 Å². The number of aryl methyl sites for hydroxylation is 1. The molecular weight excluding hydrogens is 826 g/mol. The van der Waals surface area contributed by atoms with Crippen LogP contribution in [0.25, 0.3) is 32.9 Å². The predicted molar refractivity (Wildman–Crippen MR) is 233 cm³/mol. The number of fused-ring (bicyclic) bond motifs is 3. The second-order valence-electron chi connectivity index (χ2n) is 15.8. The summed E-state index contributed by atoms with van der Waals surface area (Å²) < 4.78 is 77.8. The maximum atomic E-state index is 17.6. The van der Waals surface area contributed by atoms with Crippen LogP contribution >= 0.6 is 8.53 Å². The summed E-state index contributed by atoms with van der Waals surface area (Å²) in [4.78, 5) is 42.0. The first-order valence-electron chi connectivity index (χ1n) is 21.6. The van der Waals surface area contributed by atoms with Crippen LogP contribution in [0, 0.1) is 11.6 Å². The van der Waals surface area contributed by atoms with Crippen molar-refractivity contribution in [1.29, 1.82) is 0 Å². The Morgan fingerprint density at radius 1 is 1.10 bits per heavy atom. The number of alkyl halides is 1. The number of esters is 1. The fourth-order valence-electron chi connectivity index (χ4n) is 8.95. The van der Waals surface area contributed by atoms with Crippen LogP contribution < -0.4 is 24.6 Å². The Hall–Kier alpha value is -4.41. The number of carbonyl (C=O) groups excluding carboxylic acids is 2. The van der Waals surface area contributed by atoms with E-state index in [1.54, 1.807) is 51.0 Å². The second kappa shape index (κ2) is 21.3. The number of pyridine rings is 1. The molecular formula is C44H59F3N7O7P. The maximum Gasteiger partial charge on any atom is 0.320 e. The smallest absolute Gasteiger partial charge is 0.320 e. The van der Waals surface area contributed by atoms with E-state index in [4.69, 9.17) is 28.2 Å². The summed E-state index contributed by atoms with van der Waals surface area (Å²) in [6.07, 6.45) is 5.52. The van der Waals surface area contributed by atoms with Crippen LogP contribution in [0.2, 0.25) is 0 Å². The number of amides is 1. The number of carbonyl (C=O) groups is 2. The molecule has 3 aliphatic heterocycles. The van der Waals surface area contributed by atoms with E-state index in [0.29, 0.717) is 42.4 Å². The fraction of sp³-hybridized carbons (Fsp3) is 0.568. The third kappa shape index (κ3) is 10.5. The van der Waals surface area contributed by atoms with E-state index in [2.05, 4.69) is 25.3 Å². The van der Waals surface area contributed by atoms with Gasteiger partial charge in [0.05, 0.1) is 36.2 Å². The summed E-state index contributed by atoms with van der Waals surface area (Å²) >= 11 is 0. The average molecular weight is 886 g/mol. The largest absolute Gasteiger partial charge is 0.465 e. The molecule has 2 aromatic carbocycles. The van der Waals surface area contributed by atoms with Crippen LogP contribution in [0.4, 0.5) is 19.0 Å². The van der Waals surface area contributed by atoms with E-state index >= 15 is 13.2 Å². The highest BCUT2D eigenvalue weighted by Gasteiger charge is 2.45. The summed E-state index contributed by atoms with van der Waals surface area (Å²) in [5, 5.41) is 6.88. The van der Waals surface area contributed by atoms with Gasteiger partial charge in [0.1, 0.15) is 47.9 Å². The lowest BCUT2D eigenvalue weighted by molar-refractivity contribution is -0.141. The number of halogens is 3. The molecule has 1 amide bonds. The van der Waals surface area contributed by atoms with Crippen LogP contribution in [0.15, 0.2) is 30.5 Å². The Labute approximate surface area is 362 Å². The van der Waals surface area contributed by atoms with Crippen LogP contribution in [-0.2, 0) is 30.0 Å². The van der Waals surface area contributed by atoms with Crippen LogP contribution in [0.1, 0.15) is 78.7 Å². The van der Waals surface area contributed by atoms with E-state index < -0.39 is 37.8 Å². The van der Waals surface area contributed by atoms with Gasteiger partial charge in [0.25, 0.3) is 0 Å². The Morgan fingerprint density at radius 3 is 2.58 bits per heavy atom. The highest BCUT2D eigenvalue weighted by atomic mass is 31.2. The lowest BCUT2D eigenvalue weighted by Crippen LogP contribution is -2.58. The average Bonchev–Trinajstić information content (AvgIpc) is 3.84. The van der Waals surface area contributed by atoms with Crippen LogP contribution in [0.3, 0.4) is 0 Å². The molecule has 0 aliphatic carbocycles. The van der Waals surface area contributed by atoms with E-state index in [1.165, 1.54) is 12.3 Å². The first-order chi connectivity index (χ1) is 30.0. The lowest BCUT2D eigenvalue weighted by Gasteiger charge is -2.42. The van der Waals surface area contributed by atoms with E-state index in [0.717, 1.165) is 38.8 Å². The molecule has 3 saturated heterocycles. The van der Waals surface area contributed by atoms with E-state index in [9.17, 15) is 9.59 Å². The van der Waals surface area contributed by atoms with Gasteiger partial charge in [-0.3, -0.25) is 19.5 Å². The molecule has 2 N–H and O–H groups in total. The van der Waals surface area contributed by atoms with Crippen LogP contribution in [-0.4, -0.2) is 116 Å². The zero-order valence-electron chi connectivity index (χ0n) is 36.5. The molecule has 14 nitrogen and oxygen atoms in total. The first kappa shape index (κ1) is 47.1. The summed E-state index contributed by atoms with van der Waals surface area (Å²) in [5.41, 5.74) is -0.805. The number of hydrogen-bond acceptors (Lipinski definition) is 13. The van der Waals surface area contributed by atoms with Crippen molar-refractivity contribution in [3.63, 3.8) is 0 Å². The summed E-state index contributed by atoms with van der Waals surface area (Å²) in [5.74, 6) is -1.34. The summed E-state index contributed by atoms with van der Waals surface area (Å²) in [7, 11) is -0.314. The Balaban J connectivity index is 0.00000316. The number of methoxy groups -OCH3 is 1. The Kier molecular flexibility index (Phi) is 16.2. The summed E-state index contributed by atoms with van der Waals surface area (Å²) in [6, 6.07) is 6.14. The molecule has 3 fully saturated rings. The van der Waals surface area contributed by atoms with Gasteiger partial charge in [0.2, 0.25) is 6.41 Å². The van der Waals surface area contributed by atoms with Crippen molar-refractivity contribution in [2.75, 3.05) is 71.2 Å². The summed E-state index contributed by atoms with van der Waals surface area (Å²) in [6.45, 7) is 12.3. The molecule has 2 aromatic heterocycles.